The van der Waals surface area contributed by atoms with E-state index >= 15 is 0 Å². The van der Waals surface area contributed by atoms with E-state index in [0.29, 0.717) is 11.1 Å². The zero-order chi connectivity index (χ0) is 28.5. The SMILES string of the molecule is CSc1ccc(C2(c3ccc(SC)cc3)C=Cc3c4c(c5ccc(F)cc5c3O2)-c2ccc(F)cc2C4(C)C)cc1. The second-order valence-corrected chi connectivity index (χ2v) is 12.9. The molecular weight excluding hydrogens is 551 g/mol. The van der Waals surface area contributed by atoms with Crippen LogP contribution in [0.5, 0.6) is 5.75 Å². The molecule has 5 heteroatoms. The number of rotatable bonds is 4. The molecule has 1 aliphatic carbocycles. The van der Waals surface area contributed by atoms with Gasteiger partial charge in [-0.25, -0.2) is 8.78 Å². The summed E-state index contributed by atoms with van der Waals surface area (Å²) in [5.74, 6) is 0.0562. The Bertz CT molecular complexity index is 1820. The predicted octanol–water partition coefficient (Wildman–Crippen LogP) is 10.2. The van der Waals surface area contributed by atoms with Gasteiger partial charge in [-0.05, 0) is 94.8 Å². The van der Waals surface area contributed by atoms with Gasteiger partial charge in [0, 0.05) is 37.3 Å². The topological polar surface area (TPSA) is 9.23 Å². The van der Waals surface area contributed by atoms with Crippen molar-refractivity contribution in [2.75, 3.05) is 12.5 Å². The molecule has 0 saturated carbocycles. The number of halogens is 2. The monoisotopic (exact) mass is 578 g/mol. The normalized spacial score (nSPS) is 15.8. The molecule has 2 aliphatic rings. The largest absolute Gasteiger partial charge is 0.472 e. The summed E-state index contributed by atoms with van der Waals surface area (Å²) in [4.78, 5) is 2.33. The first-order valence-corrected chi connectivity index (χ1v) is 16.0. The molecule has 0 amide bonds. The molecule has 0 saturated heterocycles. The van der Waals surface area contributed by atoms with E-state index in [1.165, 1.54) is 21.9 Å². The van der Waals surface area contributed by atoms with Gasteiger partial charge in [0.1, 0.15) is 17.4 Å². The van der Waals surface area contributed by atoms with Gasteiger partial charge in [0.25, 0.3) is 0 Å². The third-order valence-electron chi connectivity index (χ3n) is 8.59. The van der Waals surface area contributed by atoms with Crippen molar-refractivity contribution in [1.82, 2.24) is 0 Å². The van der Waals surface area contributed by atoms with Crippen molar-refractivity contribution in [2.45, 2.75) is 34.7 Å². The Morgan fingerprint density at radius 3 is 1.88 bits per heavy atom. The molecule has 0 aromatic heterocycles. The zero-order valence-electron chi connectivity index (χ0n) is 23.2. The van der Waals surface area contributed by atoms with Gasteiger partial charge in [0.2, 0.25) is 0 Å². The summed E-state index contributed by atoms with van der Waals surface area (Å²) in [6, 6.07) is 26.8. The average Bonchev–Trinajstić information content (AvgIpc) is 3.23. The van der Waals surface area contributed by atoms with Gasteiger partial charge in [0.15, 0.2) is 5.60 Å². The molecule has 204 valence electrons. The zero-order valence-corrected chi connectivity index (χ0v) is 24.9. The van der Waals surface area contributed by atoms with Crippen LogP contribution < -0.4 is 4.74 Å². The van der Waals surface area contributed by atoms with E-state index < -0.39 is 11.0 Å². The number of ether oxygens (including phenoxy) is 1. The summed E-state index contributed by atoms with van der Waals surface area (Å²) in [5.41, 5.74) is 5.50. The number of hydrogen-bond acceptors (Lipinski definition) is 3. The van der Waals surface area contributed by atoms with Gasteiger partial charge in [-0.15, -0.1) is 23.5 Å². The lowest BCUT2D eigenvalue weighted by atomic mass is 9.77. The van der Waals surface area contributed by atoms with Crippen LogP contribution in [0.15, 0.2) is 101 Å². The highest BCUT2D eigenvalue weighted by Crippen LogP contribution is 2.58. The highest BCUT2D eigenvalue weighted by atomic mass is 32.2. The molecule has 0 bridgehead atoms. The van der Waals surface area contributed by atoms with Crippen LogP contribution in [0.2, 0.25) is 0 Å². The van der Waals surface area contributed by atoms with Crippen LogP contribution in [-0.2, 0) is 11.0 Å². The first kappa shape index (κ1) is 26.4. The molecule has 0 N–H and O–H groups in total. The number of benzene rings is 5. The molecule has 1 heterocycles. The molecule has 41 heavy (non-hydrogen) atoms. The maximum absolute atomic E-state index is 14.9. The third-order valence-corrected chi connectivity index (χ3v) is 10.1. The third kappa shape index (κ3) is 3.89. The van der Waals surface area contributed by atoms with Crippen LogP contribution in [0, 0.1) is 11.6 Å². The van der Waals surface area contributed by atoms with Crippen molar-refractivity contribution < 1.29 is 13.5 Å². The maximum Gasteiger partial charge on any atom is 0.178 e. The first-order chi connectivity index (χ1) is 19.8. The van der Waals surface area contributed by atoms with Gasteiger partial charge in [0.05, 0.1) is 0 Å². The van der Waals surface area contributed by atoms with Gasteiger partial charge < -0.3 is 4.74 Å². The summed E-state index contributed by atoms with van der Waals surface area (Å²) in [5, 5.41) is 1.61. The van der Waals surface area contributed by atoms with Crippen molar-refractivity contribution >= 4 is 40.4 Å². The van der Waals surface area contributed by atoms with E-state index in [4.69, 9.17) is 4.74 Å². The summed E-state index contributed by atoms with van der Waals surface area (Å²) in [6.45, 7) is 4.26. The Hall–Kier alpha value is -3.54. The molecule has 0 atom stereocenters. The van der Waals surface area contributed by atoms with E-state index in [1.54, 1.807) is 35.7 Å². The Balaban J connectivity index is 1.54. The van der Waals surface area contributed by atoms with E-state index in [9.17, 15) is 8.78 Å². The van der Waals surface area contributed by atoms with Crippen molar-refractivity contribution in [3.63, 3.8) is 0 Å². The minimum atomic E-state index is -0.921. The van der Waals surface area contributed by atoms with Crippen LogP contribution in [0.25, 0.3) is 28.0 Å². The Morgan fingerprint density at radius 2 is 1.27 bits per heavy atom. The maximum atomic E-state index is 14.9. The molecule has 0 radical (unpaired) electrons. The fraction of sp³-hybridized carbons (Fsp3) is 0.167. The number of hydrogen-bond donors (Lipinski definition) is 0. The first-order valence-electron chi connectivity index (χ1n) is 13.5. The molecule has 5 aromatic carbocycles. The predicted molar refractivity (Wildman–Crippen MR) is 168 cm³/mol. The van der Waals surface area contributed by atoms with Crippen LogP contribution in [0.4, 0.5) is 8.78 Å². The van der Waals surface area contributed by atoms with E-state index in [1.807, 2.05) is 12.1 Å². The Morgan fingerprint density at radius 1 is 0.683 bits per heavy atom. The summed E-state index contributed by atoms with van der Waals surface area (Å²) >= 11 is 3.39. The lowest BCUT2D eigenvalue weighted by Crippen LogP contribution is -2.35. The lowest BCUT2D eigenvalue weighted by molar-refractivity contribution is 0.163. The van der Waals surface area contributed by atoms with Crippen LogP contribution >= 0.6 is 23.5 Å². The van der Waals surface area contributed by atoms with Gasteiger partial charge in [-0.3, -0.25) is 0 Å². The minimum absolute atomic E-state index is 0.262. The molecule has 1 nitrogen and oxygen atoms in total. The smallest absolute Gasteiger partial charge is 0.178 e. The lowest BCUT2D eigenvalue weighted by Gasteiger charge is -2.38. The number of thioether (sulfide) groups is 2. The molecule has 1 aliphatic heterocycles. The van der Waals surface area contributed by atoms with E-state index in [-0.39, 0.29) is 11.6 Å². The van der Waals surface area contributed by atoms with Crippen LogP contribution in [-0.4, -0.2) is 12.5 Å². The summed E-state index contributed by atoms with van der Waals surface area (Å²) in [7, 11) is 0. The fourth-order valence-electron chi connectivity index (χ4n) is 6.58. The molecule has 0 fully saturated rings. The van der Waals surface area contributed by atoms with Crippen LogP contribution in [0.1, 0.15) is 41.7 Å². The molecule has 0 spiro atoms. The van der Waals surface area contributed by atoms with Gasteiger partial charge in [-0.2, -0.15) is 0 Å². The molecular formula is C36H28F2OS2. The van der Waals surface area contributed by atoms with E-state index in [2.05, 4.69) is 87.0 Å². The van der Waals surface area contributed by atoms with Crippen molar-refractivity contribution in [1.29, 1.82) is 0 Å². The standard InChI is InChI=1S/C36H28F2OS2/c1-35(2)31-20-24(38)10-16-28(31)32-27-15-9-23(37)19-30(27)34-29(33(32)35)17-18-36(39-34,21-5-11-25(40-3)12-6-21)22-7-13-26(41-4)14-8-22/h5-20H,1-4H3. The quantitative estimate of drug-likeness (QED) is 0.196. The second kappa shape index (κ2) is 9.50. The van der Waals surface area contributed by atoms with Crippen molar-refractivity contribution in [3.05, 3.63) is 130 Å². The van der Waals surface area contributed by atoms with Crippen LogP contribution in [0.3, 0.4) is 0 Å². The molecule has 0 unspecified atom stereocenters. The minimum Gasteiger partial charge on any atom is -0.472 e. The Labute approximate surface area is 247 Å². The van der Waals surface area contributed by atoms with Crippen molar-refractivity contribution in [3.8, 4) is 16.9 Å². The van der Waals surface area contributed by atoms with E-state index in [0.717, 1.165) is 44.3 Å². The van der Waals surface area contributed by atoms with Gasteiger partial charge in [-0.1, -0.05) is 56.3 Å². The molecule has 7 rings (SSSR count). The highest BCUT2D eigenvalue weighted by Gasteiger charge is 2.44. The summed E-state index contributed by atoms with van der Waals surface area (Å²) < 4.78 is 36.7. The fourth-order valence-corrected chi connectivity index (χ4v) is 7.40. The Kier molecular flexibility index (Phi) is 6.11. The molecule has 5 aromatic rings. The second-order valence-electron chi connectivity index (χ2n) is 11.1. The van der Waals surface area contributed by atoms with Gasteiger partial charge >= 0.3 is 0 Å². The average molecular weight is 579 g/mol. The number of fused-ring (bicyclic) bond motifs is 8. The summed E-state index contributed by atoms with van der Waals surface area (Å²) in [6.07, 6.45) is 8.39. The van der Waals surface area contributed by atoms with Crippen molar-refractivity contribution in [2.24, 2.45) is 0 Å². The highest BCUT2D eigenvalue weighted by molar-refractivity contribution is 7.98.